The lowest BCUT2D eigenvalue weighted by atomic mass is 10.0. The maximum atomic E-state index is 14.0. The summed E-state index contributed by atoms with van der Waals surface area (Å²) < 4.78 is 14.0. The Labute approximate surface area is 164 Å². The highest BCUT2D eigenvalue weighted by Gasteiger charge is 2.21. The van der Waals surface area contributed by atoms with E-state index < -0.39 is 0 Å². The fourth-order valence-corrected chi connectivity index (χ4v) is 3.80. The Morgan fingerprint density at radius 2 is 1.30 bits per heavy atom. The molecule has 1 aliphatic rings. The molecule has 0 bridgehead atoms. The van der Waals surface area contributed by atoms with Gasteiger partial charge in [0, 0.05) is 31.7 Å². The van der Waals surface area contributed by atoms with Crippen LogP contribution in [0.2, 0.25) is 0 Å². The van der Waals surface area contributed by atoms with Crippen LogP contribution >= 0.6 is 12.2 Å². The number of rotatable bonds is 3. The van der Waals surface area contributed by atoms with Crippen LogP contribution in [0.1, 0.15) is 5.56 Å². The Balaban J connectivity index is 1.41. The maximum Gasteiger partial charge on any atom is 0.146 e. The number of halogens is 1. The summed E-state index contributed by atoms with van der Waals surface area (Å²) in [6.07, 6.45) is 0. The minimum Gasteiger partial charge on any atom is -0.366 e. The van der Waals surface area contributed by atoms with Gasteiger partial charge in [-0.25, -0.2) is 4.39 Å². The van der Waals surface area contributed by atoms with Crippen LogP contribution in [0.15, 0.2) is 78.9 Å². The Kier molecular flexibility index (Phi) is 5.16. The number of hydrogen-bond acceptors (Lipinski definition) is 2. The molecule has 0 aliphatic carbocycles. The predicted molar refractivity (Wildman–Crippen MR) is 114 cm³/mol. The zero-order chi connectivity index (χ0) is 18.6. The van der Waals surface area contributed by atoms with Crippen LogP contribution in [-0.2, 0) is 0 Å². The van der Waals surface area contributed by atoms with Crippen LogP contribution in [0.5, 0.6) is 0 Å². The van der Waals surface area contributed by atoms with Crippen molar-refractivity contribution in [1.82, 2.24) is 4.90 Å². The number of para-hydroxylation sites is 1. The van der Waals surface area contributed by atoms with Crippen molar-refractivity contribution < 1.29 is 4.39 Å². The van der Waals surface area contributed by atoms with E-state index in [1.807, 2.05) is 30.3 Å². The van der Waals surface area contributed by atoms with E-state index in [4.69, 9.17) is 12.2 Å². The van der Waals surface area contributed by atoms with Crippen molar-refractivity contribution in [2.75, 3.05) is 31.1 Å². The molecule has 0 unspecified atom stereocenters. The molecule has 1 aliphatic heterocycles. The van der Waals surface area contributed by atoms with Crippen molar-refractivity contribution >= 4 is 22.9 Å². The van der Waals surface area contributed by atoms with Crippen molar-refractivity contribution in [2.24, 2.45) is 0 Å². The minimum atomic E-state index is -0.162. The fraction of sp³-hybridized carbons (Fsp3) is 0.174. The molecule has 3 aromatic carbocycles. The quantitative estimate of drug-likeness (QED) is 0.595. The zero-order valence-electron chi connectivity index (χ0n) is 15.0. The molecule has 136 valence electrons. The second kappa shape index (κ2) is 7.89. The summed E-state index contributed by atoms with van der Waals surface area (Å²) in [6.45, 7) is 3.13. The number of piperazine rings is 1. The van der Waals surface area contributed by atoms with Gasteiger partial charge in [0.05, 0.1) is 5.69 Å². The van der Waals surface area contributed by atoms with Gasteiger partial charge in [0.1, 0.15) is 10.8 Å². The summed E-state index contributed by atoms with van der Waals surface area (Å²) in [5, 5.41) is 0. The molecule has 1 fully saturated rings. The van der Waals surface area contributed by atoms with E-state index in [0.717, 1.165) is 36.7 Å². The zero-order valence-corrected chi connectivity index (χ0v) is 15.8. The molecular formula is C23H21FN2S. The van der Waals surface area contributed by atoms with Crippen LogP contribution in [0, 0.1) is 5.82 Å². The summed E-state index contributed by atoms with van der Waals surface area (Å²) in [4.78, 5) is 5.17. The number of anilines is 1. The molecule has 0 amide bonds. The van der Waals surface area contributed by atoms with Gasteiger partial charge in [0.15, 0.2) is 0 Å². The lowest BCUT2D eigenvalue weighted by molar-refractivity contribution is 0.390. The number of benzene rings is 3. The molecule has 0 spiro atoms. The van der Waals surface area contributed by atoms with E-state index >= 15 is 0 Å². The minimum absolute atomic E-state index is 0.162. The smallest absolute Gasteiger partial charge is 0.146 e. The first-order valence-electron chi connectivity index (χ1n) is 9.16. The van der Waals surface area contributed by atoms with Gasteiger partial charge >= 0.3 is 0 Å². The molecule has 27 heavy (non-hydrogen) atoms. The van der Waals surface area contributed by atoms with Gasteiger partial charge in [0.2, 0.25) is 0 Å². The topological polar surface area (TPSA) is 6.48 Å². The highest BCUT2D eigenvalue weighted by atomic mass is 32.1. The van der Waals surface area contributed by atoms with Gasteiger partial charge < -0.3 is 9.80 Å². The van der Waals surface area contributed by atoms with Gasteiger partial charge in [-0.3, -0.25) is 0 Å². The third-order valence-corrected chi connectivity index (χ3v) is 5.49. The average molecular weight is 377 g/mol. The van der Waals surface area contributed by atoms with Gasteiger partial charge in [-0.1, -0.05) is 78.9 Å². The predicted octanol–water partition coefficient (Wildman–Crippen LogP) is 4.99. The molecule has 4 rings (SSSR count). The van der Waals surface area contributed by atoms with E-state index in [1.165, 1.54) is 17.2 Å². The Morgan fingerprint density at radius 3 is 1.96 bits per heavy atom. The number of thiocarbonyl (C=S) groups is 1. The van der Waals surface area contributed by atoms with Crippen molar-refractivity contribution in [3.05, 3.63) is 90.2 Å². The molecule has 1 heterocycles. The Morgan fingerprint density at radius 1 is 0.704 bits per heavy atom. The molecule has 0 N–H and O–H groups in total. The molecule has 0 radical (unpaired) electrons. The average Bonchev–Trinajstić information content (AvgIpc) is 2.74. The van der Waals surface area contributed by atoms with Crippen molar-refractivity contribution in [3.8, 4) is 11.1 Å². The molecule has 0 atom stereocenters. The van der Waals surface area contributed by atoms with Gasteiger partial charge in [-0.05, 0) is 23.3 Å². The summed E-state index contributed by atoms with van der Waals surface area (Å²) in [7, 11) is 0. The van der Waals surface area contributed by atoms with E-state index in [-0.39, 0.29) is 5.82 Å². The van der Waals surface area contributed by atoms with Gasteiger partial charge in [-0.2, -0.15) is 0 Å². The molecule has 1 saturated heterocycles. The van der Waals surface area contributed by atoms with E-state index in [0.29, 0.717) is 5.69 Å². The van der Waals surface area contributed by atoms with Gasteiger partial charge in [-0.15, -0.1) is 0 Å². The van der Waals surface area contributed by atoms with Crippen molar-refractivity contribution in [1.29, 1.82) is 0 Å². The summed E-state index contributed by atoms with van der Waals surface area (Å²) in [5.74, 6) is -0.162. The van der Waals surface area contributed by atoms with Crippen LogP contribution in [-0.4, -0.2) is 36.1 Å². The number of hydrogen-bond donors (Lipinski definition) is 0. The van der Waals surface area contributed by atoms with Crippen LogP contribution in [0.4, 0.5) is 10.1 Å². The summed E-state index contributed by atoms with van der Waals surface area (Å²) in [6, 6.07) is 25.7. The molecular weight excluding hydrogens is 355 g/mol. The van der Waals surface area contributed by atoms with E-state index in [9.17, 15) is 4.39 Å². The Hall–Kier alpha value is -2.72. The molecule has 0 aromatic heterocycles. The van der Waals surface area contributed by atoms with Gasteiger partial charge in [0.25, 0.3) is 0 Å². The SMILES string of the molecule is Fc1ccccc1N1CCN(C(=S)c2ccc(-c3ccccc3)cc2)CC1. The lowest BCUT2D eigenvalue weighted by Crippen LogP contribution is -2.48. The van der Waals surface area contributed by atoms with E-state index in [2.05, 4.69) is 46.2 Å². The summed E-state index contributed by atoms with van der Waals surface area (Å²) in [5.41, 5.74) is 4.12. The van der Waals surface area contributed by atoms with Crippen molar-refractivity contribution in [2.45, 2.75) is 0 Å². The Bertz CT molecular complexity index is 917. The molecule has 2 nitrogen and oxygen atoms in total. The normalized spacial score (nSPS) is 14.3. The third-order valence-electron chi connectivity index (χ3n) is 5.00. The first-order valence-corrected chi connectivity index (χ1v) is 9.57. The van der Waals surface area contributed by atoms with Crippen LogP contribution < -0.4 is 4.90 Å². The maximum absolute atomic E-state index is 14.0. The molecule has 0 saturated carbocycles. The summed E-state index contributed by atoms with van der Waals surface area (Å²) >= 11 is 5.71. The first kappa shape index (κ1) is 17.7. The van der Waals surface area contributed by atoms with Crippen LogP contribution in [0.3, 0.4) is 0 Å². The lowest BCUT2D eigenvalue weighted by Gasteiger charge is -2.37. The second-order valence-electron chi connectivity index (χ2n) is 6.67. The third kappa shape index (κ3) is 3.86. The second-order valence-corrected chi connectivity index (χ2v) is 7.06. The standard InChI is InChI=1S/C23H21FN2S/c24-21-8-4-5-9-22(21)25-14-16-26(17-15-25)23(27)20-12-10-19(11-13-20)18-6-2-1-3-7-18/h1-13H,14-17H2. The fourth-order valence-electron chi connectivity index (χ4n) is 3.48. The van der Waals surface area contributed by atoms with E-state index in [1.54, 1.807) is 6.07 Å². The first-order chi connectivity index (χ1) is 13.2. The molecule has 3 aromatic rings. The highest BCUT2D eigenvalue weighted by Crippen LogP contribution is 2.23. The van der Waals surface area contributed by atoms with Crippen molar-refractivity contribution in [3.63, 3.8) is 0 Å². The van der Waals surface area contributed by atoms with Crippen LogP contribution in [0.25, 0.3) is 11.1 Å². The monoisotopic (exact) mass is 376 g/mol. The highest BCUT2D eigenvalue weighted by molar-refractivity contribution is 7.80. The molecule has 4 heteroatoms. The number of nitrogens with zero attached hydrogens (tertiary/aromatic N) is 2. The largest absolute Gasteiger partial charge is 0.366 e.